The van der Waals surface area contributed by atoms with Gasteiger partial charge >= 0.3 is 0 Å². The van der Waals surface area contributed by atoms with Gasteiger partial charge in [-0.2, -0.15) is 5.26 Å². The highest BCUT2D eigenvalue weighted by molar-refractivity contribution is 5.53. The molecule has 13 heavy (non-hydrogen) atoms. The molecule has 0 aromatic heterocycles. The minimum Gasteiger partial charge on any atom is -0.504 e. The lowest BCUT2D eigenvalue weighted by Crippen LogP contribution is -2.04. The zero-order valence-electron chi connectivity index (χ0n) is 7.15. The molecule has 1 aromatic rings. The molecule has 0 saturated heterocycles. The molecule has 0 heterocycles. The zero-order chi connectivity index (χ0) is 10.0. The van der Waals surface area contributed by atoms with E-state index in [0.29, 0.717) is 5.56 Å². The molecule has 1 atom stereocenters. The first-order valence-corrected chi connectivity index (χ1v) is 3.77. The van der Waals surface area contributed by atoms with E-state index in [1.165, 1.54) is 12.1 Å². The quantitative estimate of drug-likeness (QED) is 0.559. The van der Waals surface area contributed by atoms with Crippen LogP contribution in [-0.2, 0) is 0 Å². The van der Waals surface area contributed by atoms with Crippen molar-refractivity contribution >= 4 is 0 Å². The lowest BCUT2D eigenvalue weighted by molar-refractivity contribution is 0.401. The maximum Gasteiger partial charge on any atom is 0.175 e. The molecule has 4 heteroatoms. The summed E-state index contributed by atoms with van der Waals surface area (Å²) in [6.45, 7) is 1.73. The number of phenols is 2. The third kappa shape index (κ3) is 1.71. The Morgan fingerprint density at radius 3 is 2.54 bits per heavy atom. The Bertz CT molecular complexity index is 367. The number of aromatic hydroxyl groups is 2. The Morgan fingerprint density at radius 2 is 2.08 bits per heavy atom. The minimum absolute atomic E-state index is 0.0345. The van der Waals surface area contributed by atoms with Crippen LogP contribution in [0, 0.1) is 11.3 Å². The van der Waals surface area contributed by atoms with Gasteiger partial charge in [0.05, 0.1) is 5.56 Å². The molecular formula is C9H10N2O2. The van der Waals surface area contributed by atoms with Crippen molar-refractivity contribution in [1.29, 1.82) is 5.26 Å². The predicted molar refractivity (Wildman–Crippen MR) is 47.1 cm³/mol. The first-order valence-electron chi connectivity index (χ1n) is 3.77. The van der Waals surface area contributed by atoms with Crippen LogP contribution in [-0.4, -0.2) is 10.2 Å². The Hall–Kier alpha value is -1.73. The summed E-state index contributed by atoms with van der Waals surface area (Å²) in [5.41, 5.74) is 6.21. The summed E-state index contributed by atoms with van der Waals surface area (Å²) < 4.78 is 0. The average Bonchev–Trinajstić information content (AvgIpc) is 2.09. The molecule has 1 aromatic carbocycles. The van der Waals surface area contributed by atoms with Crippen molar-refractivity contribution in [3.63, 3.8) is 0 Å². The van der Waals surface area contributed by atoms with E-state index in [2.05, 4.69) is 0 Å². The summed E-state index contributed by atoms with van der Waals surface area (Å²) in [5, 5.41) is 27.0. The SMILES string of the molecule is CC(N)c1cc(O)c(O)c(C#N)c1. The summed E-state index contributed by atoms with van der Waals surface area (Å²) in [5.74, 6) is -0.710. The van der Waals surface area contributed by atoms with Gasteiger partial charge in [0.25, 0.3) is 0 Å². The van der Waals surface area contributed by atoms with E-state index >= 15 is 0 Å². The smallest absolute Gasteiger partial charge is 0.175 e. The summed E-state index contributed by atoms with van der Waals surface area (Å²) in [4.78, 5) is 0. The fourth-order valence-corrected chi connectivity index (χ4v) is 0.989. The van der Waals surface area contributed by atoms with Crippen molar-refractivity contribution in [1.82, 2.24) is 0 Å². The Morgan fingerprint density at radius 1 is 1.46 bits per heavy atom. The Kier molecular flexibility index (Phi) is 2.40. The number of nitrogens with zero attached hydrogens (tertiary/aromatic N) is 1. The number of benzene rings is 1. The third-order valence-corrected chi connectivity index (χ3v) is 1.76. The minimum atomic E-state index is -0.396. The number of hydrogen-bond donors (Lipinski definition) is 3. The molecule has 4 N–H and O–H groups in total. The van der Waals surface area contributed by atoms with Crippen molar-refractivity contribution in [3.05, 3.63) is 23.3 Å². The topological polar surface area (TPSA) is 90.3 Å². The largest absolute Gasteiger partial charge is 0.504 e. The fourth-order valence-electron chi connectivity index (χ4n) is 0.989. The molecule has 0 amide bonds. The molecule has 0 aliphatic rings. The zero-order valence-corrected chi connectivity index (χ0v) is 7.15. The van der Waals surface area contributed by atoms with Crippen LogP contribution in [0.5, 0.6) is 11.5 Å². The molecule has 0 saturated carbocycles. The lowest BCUT2D eigenvalue weighted by atomic mass is 10.0. The molecule has 0 radical (unpaired) electrons. The maximum atomic E-state index is 9.20. The maximum absolute atomic E-state index is 9.20. The van der Waals surface area contributed by atoms with E-state index < -0.39 is 5.75 Å². The molecule has 0 spiro atoms. The highest BCUT2D eigenvalue weighted by Gasteiger charge is 2.10. The second-order valence-electron chi connectivity index (χ2n) is 2.84. The molecule has 4 nitrogen and oxygen atoms in total. The van der Waals surface area contributed by atoms with Crippen LogP contribution in [0.2, 0.25) is 0 Å². The van der Waals surface area contributed by atoms with Gasteiger partial charge in [-0.3, -0.25) is 0 Å². The van der Waals surface area contributed by atoms with Crippen molar-refractivity contribution in [2.75, 3.05) is 0 Å². The van der Waals surface area contributed by atoms with Crippen molar-refractivity contribution in [2.45, 2.75) is 13.0 Å². The van der Waals surface area contributed by atoms with Crippen LogP contribution in [0.1, 0.15) is 24.1 Å². The second kappa shape index (κ2) is 3.33. The first-order chi connectivity index (χ1) is 6.06. The molecule has 68 valence electrons. The monoisotopic (exact) mass is 178 g/mol. The van der Waals surface area contributed by atoms with Crippen LogP contribution < -0.4 is 5.73 Å². The molecular weight excluding hydrogens is 168 g/mol. The van der Waals surface area contributed by atoms with Crippen molar-refractivity contribution in [3.8, 4) is 17.6 Å². The van der Waals surface area contributed by atoms with Gasteiger partial charge in [-0.15, -0.1) is 0 Å². The third-order valence-electron chi connectivity index (χ3n) is 1.76. The van der Waals surface area contributed by atoms with Gasteiger partial charge in [0.15, 0.2) is 11.5 Å². The Labute approximate surface area is 75.8 Å². The highest BCUT2D eigenvalue weighted by atomic mass is 16.3. The standard InChI is InChI=1S/C9H10N2O2/c1-5(11)6-2-7(4-10)9(13)8(12)3-6/h2-3,5,12-13H,11H2,1H3. The summed E-state index contributed by atoms with van der Waals surface area (Å²) in [7, 11) is 0. The molecule has 0 aliphatic heterocycles. The number of rotatable bonds is 1. The highest BCUT2D eigenvalue weighted by Crippen LogP contribution is 2.31. The molecule has 0 fully saturated rings. The van der Waals surface area contributed by atoms with E-state index in [1.807, 2.05) is 0 Å². The van der Waals surface area contributed by atoms with Crippen LogP contribution >= 0.6 is 0 Å². The van der Waals surface area contributed by atoms with Gasteiger partial charge in [-0.25, -0.2) is 0 Å². The van der Waals surface area contributed by atoms with Gasteiger partial charge in [0.2, 0.25) is 0 Å². The van der Waals surface area contributed by atoms with E-state index in [4.69, 9.17) is 11.0 Å². The fraction of sp³-hybridized carbons (Fsp3) is 0.222. The molecule has 0 aliphatic carbocycles. The molecule has 0 bridgehead atoms. The van der Waals surface area contributed by atoms with Crippen molar-refractivity contribution < 1.29 is 10.2 Å². The first kappa shape index (κ1) is 9.36. The van der Waals surface area contributed by atoms with Crippen LogP contribution in [0.15, 0.2) is 12.1 Å². The van der Waals surface area contributed by atoms with Crippen LogP contribution in [0.25, 0.3) is 0 Å². The molecule has 1 rings (SSSR count). The van der Waals surface area contributed by atoms with E-state index in [9.17, 15) is 10.2 Å². The van der Waals surface area contributed by atoms with Gasteiger partial charge in [0, 0.05) is 6.04 Å². The summed E-state index contributed by atoms with van der Waals surface area (Å²) >= 11 is 0. The summed E-state index contributed by atoms with van der Waals surface area (Å²) in [6, 6.07) is 4.29. The van der Waals surface area contributed by atoms with Gasteiger partial charge in [-0.1, -0.05) is 0 Å². The van der Waals surface area contributed by atoms with Crippen LogP contribution in [0.3, 0.4) is 0 Å². The Balaban J connectivity index is 3.32. The van der Waals surface area contributed by atoms with Gasteiger partial charge < -0.3 is 15.9 Å². The van der Waals surface area contributed by atoms with Crippen LogP contribution in [0.4, 0.5) is 0 Å². The lowest BCUT2D eigenvalue weighted by Gasteiger charge is -2.07. The number of hydrogen-bond acceptors (Lipinski definition) is 4. The predicted octanol–water partition coefficient (Wildman–Crippen LogP) is 0.989. The average molecular weight is 178 g/mol. The second-order valence-corrected chi connectivity index (χ2v) is 2.84. The molecule has 1 unspecified atom stereocenters. The summed E-state index contributed by atoms with van der Waals surface area (Å²) in [6.07, 6.45) is 0. The van der Waals surface area contributed by atoms with Crippen molar-refractivity contribution in [2.24, 2.45) is 5.73 Å². The number of nitriles is 1. The van der Waals surface area contributed by atoms with E-state index in [1.54, 1.807) is 13.0 Å². The normalized spacial score (nSPS) is 12.1. The van der Waals surface area contributed by atoms with E-state index in [-0.39, 0.29) is 17.4 Å². The number of phenolic OH excluding ortho intramolecular Hbond substituents is 2. The van der Waals surface area contributed by atoms with Gasteiger partial charge in [-0.05, 0) is 24.6 Å². The van der Waals surface area contributed by atoms with E-state index in [0.717, 1.165) is 0 Å². The number of nitrogens with two attached hydrogens (primary N) is 1. The van der Waals surface area contributed by atoms with Gasteiger partial charge in [0.1, 0.15) is 6.07 Å².